The van der Waals surface area contributed by atoms with Gasteiger partial charge in [0.15, 0.2) is 5.96 Å². The number of morpholine rings is 1. The molecule has 0 bridgehead atoms. The number of guanidine groups is 1. The summed E-state index contributed by atoms with van der Waals surface area (Å²) >= 11 is 0. The average Bonchev–Trinajstić information content (AvgIpc) is 2.24. The molecule has 0 spiro atoms. The smallest absolute Gasteiger partial charge is 0.209 e. The van der Waals surface area contributed by atoms with E-state index in [9.17, 15) is 8.42 Å². The molecule has 0 saturated carbocycles. The van der Waals surface area contributed by atoms with Crippen molar-refractivity contribution in [3.05, 3.63) is 0 Å². The van der Waals surface area contributed by atoms with Crippen LogP contribution in [0.2, 0.25) is 0 Å². The summed E-state index contributed by atoms with van der Waals surface area (Å²) in [7, 11) is -3.25. The minimum atomic E-state index is -3.25. The number of aliphatic imine (C=N–C) groups is 1. The SMILES string of the molecule is CC(C)(CN=C(N)N1CCOCC1)NS(C)(=O)=O.I. The molecule has 0 aromatic rings. The second-order valence-electron chi connectivity index (χ2n) is 5.03. The van der Waals surface area contributed by atoms with Crippen molar-refractivity contribution in [2.45, 2.75) is 19.4 Å². The summed E-state index contributed by atoms with van der Waals surface area (Å²) in [5.74, 6) is 0.432. The number of nitrogens with one attached hydrogen (secondary N) is 1. The van der Waals surface area contributed by atoms with Crippen LogP contribution in [-0.2, 0) is 14.8 Å². The molecule has 1 aliphatic heterocycles. The van der Waals surface area contributed by atoms with Gasteiger partial charge in [-0.15, -0.1) is 24.0 Å². The van der Waals surface area contributed by atoms with Crippen molar-refractivity contribution in [1.29, 1.82) is 0 Å². The first kappa shape index (κ1) is 18.9. The molecule has 0 radical (unpaired) electrons. The van der Waals surface area contributed by atoms with Gasteiger partial charge in [-0.2, -0.15) is 0 Å². The van der Waals surface area contributed by atoms with Crippen LogP contribution in [-0.4, -0.2) is 63.9 Å². The molecular formula is C10H23IN4O3S. The summed E-state index contributed by atoms with van der Waals surface area (Å²) in [6, 6.07) is 0. The molecule has 1 aliphatic rings. The molecular weight excluding hydrogens is 383 g/mol. The fraction of sp³-hybridized carbons (Fsp3) is 0.900. The van der Waals surface area contributed by atoms with Gasteiger partial charge in [-0.05, 0) is 13.8 Å². The number of hydrogen-bond acceptors (Lipinski definition) is 4. The van der Waals surface area contributed by atoms with Crippen molar-refractivity contribution in [3.63, 3.8) is 0 Å². The van der Waals surface area contributed by atoms with E-state index in [1.165, 1.54) is 0 Å². The molecule has 0 atom stereocenters. The second kappa shape index (κ2) is 7.60. The van der Waals surface area contributed by atoms with Crippen LogP contribution in [0.1, 0.15) is 13.8 Å². The third-order valence-electron chi connectivity index (χ3n) is 2.43. The molecule has 7 nitrogen and oxygen atoms in total. The molecule has 0 aromatic heterocycles. The van der Waals surface area contributed by atoms with Gasteiger partial charge in [0, 0.05) is 18.6 Å². The minimum Gasteiger partial charge on any atom is -0.378 e. The molecule has 0 aliphatic carbocycles. The number of sulfonamides is 1. The van der Waals surface area contributed by atoms with Gasteiger partial charge in [-0.1, -0.05) is 0 Å². The highest BCUT2D eigenvalue weighted by atomic mass is 127. The fourth-order valence-corrected chi connectivity index (χ4v) is 2.77. The largest absolute Gasteiger partial charge is 0.378 e. The normalized spacial score (nSPS) is 18.1. The van der Waals surface area contributed by atoms with E-state index in [-0.39, 0.29) is 24.0 Å². The van der Waals surface area contributed by atoms with Crippen LogP contribution in [0.4, 0.5) is 0 Å². The summed E-state index contributed by atoms with van der Waals surface area (Å²) < 4.78 is 30.1. The van der Waals surface area contributed by atoms with Crippen molar-refractivity contribution in [2.24, 2.45) is 10.7 Å². The van der Waals surface area contributed by atoms with Gasteiger partial charge in [-0.25, -0.2) is 13.1 Å². The zero-order valence-electron chi connectivity index (χ0n) is 11.5. The standard InChI is InChI=1S/C10H22N4O3S.HI/c1-10(2,13-18(3,15)16)8-12-9(11)14-4-6-17-7-5-14;/h13H,4-8H2,1-3H3,(H2,11,12);1H. The number of nitrogens with two attached hydrogens (primary N) is 1. The molecule has 3 N–H and O–H groups in total. The molecule has 1 saturated heterocycles. The summed E-state index contributed by atoms with van der Waals surface area (Å²) in [4.78, 5) is 6.17. The Morgan fingerprint density at radius 2 is 1.95 bits per heavy atom. The number of ether oxygens (including phenoxy) is 1. The zero-order valence-corrected chi connectivity index (χ0v) is 14.7. The first-order chi connectivity index (χ1) is 8.20. The molecule has 1 fully saturated rings. The molecule has 9 heteroatoms. The van der Waals surface area contributed by atoms with Crippen molar-refractivity contribution >= 4 is 40.0 Å². The Bertz CT molecular complexity index is 405. The van der Waals surface area contributed by atoms with E-state index >= 15 is 0 Å². The van der Waals surface area contributed by atoms with Gasteiger partial charge in [0.2, 0.25) is 10.0 Å². The van der Waals surface area contributed by atoms with E-state index in [2.05, 4.69) is 9.71 Å². The summed E-state index contributed by atoms with van der Waals surface area (Å²) in [6.45, 7) is 6.55. The predicted octanol–water partition coefficient (Wildman–Crippen LogP) is -0.421. The Hall–Kier alpha value is -0.130. The van der Waals surface area contributed by atoms with Gasteiger partial charge >= 0.3 is 0 Å². The number of hydrogen-bond donors (Lipinski definition) is 2. The van der Waals surface area contributed by atoms with Crippen molar-refractivity contribution in [1.82, 2.24) is 9.62 Å². The number of halogens is 1. The quantitative estimate of drug-likeness (QED) is 0.376. The monoisotopic (exact) mass is 406 g/mol. The summed E-state index contributed by atoms with van der Waals surface area (Å²) in [6.07, 6.45) is 1.13. The lowest BCUT2D eigenvalue weighted by molar-refractivity contribution is 0.0674. The van der Waals surface area contributed by atoms with E-state index in [1.54, 1.807) is 13.8 Å². The van der Waals surface area contributed by atoms with E-state index in [4.69, 9.17) is 10.5 Å². The second-order valence-corrected chi connectivity index (χ2v) is 6.78. The van der Waals surface area contributed by atoms with Crippen LogP contribution in [0.5, 0.6) is 0 Å². The fourth-order valence-electron chi connectivity index (χ4n) is 1.71. The van der Waals surface area contributed by atoms with E-state index in [0.29, 0.717) is 25.7 Å². The van der Waals surface area contributed by atoms with Gasteiger partial charge in [0.25, 0.3) is 0 Å². The van der Waals surface area contributed by atoms with Crippen LogP contribution in [0.25, 0.3) is 0 Å². The Morgan fingerprint density at radius 1 is 1.42 bits per heavy atom. The van der Waals surface area contributed by atoms with E-state index in [0.717, 1.165) is 19.3 Å². The third kappa shape index (κ3) is 7.90. The van der Waals surface area contributed by atoms with E-state index < -0.39 is 15.6 Å². The molecule has 0 amide bonds. The summed E-state index contributed by atoms with van der Waals surface area (Å²) in [5.41, 5.74) is 5.21. The maximum Gasteiger partial charge on any atom is 0.209 e. The van der Waals surface area contributed by atoms with Crippen molar-refractivity contribution in [2.75, 3.05) is 39.1 Å². The van der Waals surface area contributed by atoms with Crippen molar-refractivity contribution in [3.8, 4) is 0 Å². The Balaban J connectivity index is 0.00000324. The first-order valence-electron chi connectivity index (χ1n) is 5.81. The van der Waals surface area contributed by atoms with Gasteiger partial charge in [0.05, 0.1) is 26.0 Å². The molecule has 0 aromatic carbocycles. The predicted molar refractivity (Wildman–Crippen MR) is 86.4 cm³/mol. The lowest BCUT2D eigenvalue weighted by Crippen LogP contribution is -2.48. The first-order valence-corrected chi connectivity index (χ1v) is 7.70. The maximum atomic E-state index is 11.2. The maximum absolute atomic E-state index is 11.2. The van der Waals surface area contributed by atoms with E-state index in [1.807, 2.05) is 4.90 Å². The van der Waals surface area contributed by atoms with Crippen LogP contribution >= 0.6 is 24.0 Å². The van der Waals surface area contributed by atoms with Gasteiger partial charge in [0.1, 0.15) is 0 Å². The van der Waals surface area contributed by atoms with Crippen LogP contribution in [0.3, 0.4) is 0 Å². The van der Waals surface area contributed by atoms with Crippen LogP contribution < -0.4 is 10.5 Å². The highest BCUT2D eigenvalue weighted by molar-refractivity contribution is 14.0. The number of nitrogens with zero attached hydrogens (tertiary/aromatic N) is 2. The number of rotatable bonds is 4. The minimum absolute atomic E-state index is 0. The lowest BCUT2D eigenvalue weighted by Gasteiger charge is -2.29. The molecule has 1 rings (SSSR count). The molecule has 19 heavy (non-hydrogen) atoms. The Kier molecular flexibility index (Phi) is 7.55. The van der Waals surface area contributed by atoms with Gasteiger partial charge < -0.3 is 15.4 Å². The molecule has 0 unspecified atom stereocenters. The average molecular weight is 406 g/mol. The lowest BCUT2D eigenvalue weighted by atomic mass is 10.1. The zero-order chi connectivity index (χ0) is 13.8. The molecule has 1 heterocycles. The highest BCUT2D eigenvalue weighted by Crippen LogP contribution is 2.05. The topological polar surface area (TPSA) is 97.0 Å². The van der Waals surface area contributed by atoms with Crippen molar-refractivity contribution < 1.29 is 13.2 Å². The summed E-state index contributed by atoms with van der Waals surface area (Å²) in [5, 5.41) is 0. The third-order valence-corrected chi connectivity index (χ3v) is 3.36. The Morgan fingerprint density at radius 3 is 2.42 bits per heavy atom. The van der Waals surface area contributed by atoms with Gasteiger partial charge in [-0.3, -0.25) is 4.99 Å². The molecule has 114 valence electrons. The highest BCUT2D eigenvalue weighted by Gasteiger charge is 2.22. The Labute approximate surface area is 132 Å². The van der Waals surface area contributed by atoms with Crippen LogP contribution in [0, 0.1) is 0 Å². The van der Waals surface area contributed by atoms with Crippen LogP contribution in [0.15, 0.2) is 4.99 Å².